The maximum atomic E-state index is 13.8. The van der Waals surface area contributed by atoms with Crippen molar-refractivity contribution in [1.29, 1.82) is 0 Å². The Balaban J connectivity index is 1.72. The van der Waals surface area contributed by atoms with Crippen LogP contribution in [0.2, 0.25) is 0 Å². The molecule has 21 heavy (non-hydrogen) atoms. The lowest BCUT2D eigenvalue weighted by molar-refractivity contribution is 0.511. The third-order valence-electron chi connectivity index (χ3n) is 4.11. The first-order valence-electron chi connectivity index (χ1n) is 7.42. The van der Waals surface area contributed by atoms with Crippen LogP contribution in [0.4, 0.5) is 8.78 Å². The standard InChI is InChI=1S/C16H20F2N2S/c1-10-13(4-5-19-12-3-2-6-21-9-12)14-7-11(17)8-15(18)16(14)20-10/h7-8,12,19-20H,2-6,9H2,1H3/t12-/m1/s1. The highest BCUT2D eigenvalue weighted by Crippen LogP contribution is 2.26. The molecule has 114 valence electrons. The van der Waals surface area contributed by atoms with Crippen molar-refractivity contribution in [3.63, 3.8) is 0 Å². The summed E-state index contributed by atoms with van der Waals surface area (Å²) in [4.78, 5) is 3.04. The van der Waals surface area contributed by atoms with Crippen LogP contribution in [-0.4, -0.2) is 29.1 Å². The average Bonchev–Trinajstić information content (AvgIpc) is 2.77. The van der Waals surface area contributed by atoms with Gasteiger partial charge in [0.25, 0.3) is 0 Å². The maximum Gasteiger partial charge on any atom is 0.150 e. The van der Waals surface area contributed by atoms with Crippen LogP contribution in [0.3, 0.4) is 0 Å². The number of nitrogens with one attached hydrogen (secondary N) is 2. The van der Waals surface area contributed by atoms with Crippen LogP contribution in [0.5, 0.6) is 0 Å². The Bertz CT molecular complexity index is 633. The molecule has 1 atom stereocenters. The summed E-state index contributed by atoms with van der Waals surface area (Å²) >= 11 is 1.99. The second kappa shape index (κ2) is 6.36. The summed E-state index contributed by atoms with van der Waals surface area (Å²) in [5, 5.41) is 4.23. The van der Waals surface area contributed by atoms with Crippen LogP contribution < -0.4 is 5.32 Å². The molecular weight excluding hydrogens is 290 g/mol. The zero-order valence-corrected chi connectivity index (χ0v) is 13.0. The molecule has 1 aromatic carbocycles. The van der Waals surface area contributed by atoms with Crippen LogP contribution in [-0.2, 0) is 6.42 Å². The van der Waals surface area contributed by atoms with E-state index in [1.807, 2.05) is 18.7 Å². The predicted molar refractivity (Wildman–Crippen MR) is 85.0 cm³/mol. The number of hydrogen-bond acceptors (Lipinski definition) is 2. The summed E-state index contributed by atoms with van der Waals surface area (Å²) in [6, 6.07) is 2.93. The summed E-state index contributed by atoms with van der Waals surface area (Å²) in [7, 11) is 0. The van der Waals surface area contributed by atoms with Crippen LogP contribution in [0, 0.1) is 18.6 Å². The fraction of sp³-hybridized carbons (Fsp3) is 0.500. The Morgan fingerprint density at radius 1 is 1.38 bits per heavy atom. The van der Waals surface area contributed by atoms with Gasteiger partial charge in [0.15, 0.2) is 0 Å². The maximum absolute atomic E-state index is 13.8. The quantitative estimate of drug-likeness (QED) is 0.899. The molecule has 2 N–H and O–H groups in total. The Morgan fingerprint density at radius 2 is 2.24 bits per heavy atom. The summed E-state index contributed by atoms with van der Waals surface area (Å²) in [5.74, 6) is 1.39. The topological polar surface area (TPSA) is 27.8 Å². The number of thioether (sulfide) groups is 1. The molecule has 0 radical (unpaired) electrons. The van der Waals surface area contributed by atoms with Crippen molar-refractivity contribution in [2.75, 3.05) is 18.1 Å². The van der Waals surface area contributed by atoms with E-state index in [2.05, 4.69) is 10.3 Å². The molecule has 0 aliphatic carbocycles. The van der Waals surface area contributed by atoms with Crippen molar-refractivity contribution in [2.24, 2.45) is 0 Å². The minimum absolute atomic E-state index is 0.414. The van der Waals surface area contributed by atoms with Gasteiger partial charge in [-0.15, -0.1) is 0 Å². The molecular formula is C16H20F2N2S. The summed E-state index contributed by atoms with van der Waals surface area (Å²) in [6.45, 7) is 2.76. The molecule has 0 amide bonds. The van der Waals surface area contributed by atoms with Gasteiger partial charge in [-0.1, -0.05) is 0 Å². The Hall–Kier alpha value is -1.07. The summed E-state index contributed by atoms with van der Waals surface area (Å²) in [5.41, 5.74) is 2.35. The monoisotopic (exact) mass is 310 g/mol. The fourth-order valence-corrected chi connectivity index (χ4v) is 4.14. The predicted octanol–water partition coefficient (Wildman–Crippen LogP) is 3.78. The number of H-pyrrole nitrogens is 1. The highest BCUT2D eigenvalue weighted by Gasteiger charge is 2.15. The van der Waals surface area contributed by atoms with Gasteiger partial charge in [-0.3, -0.25) is 0 Å². The number of halogens is 2. The Morgan fingerprint density at radius 3 is 3.00 bits per heavy atom. The van der Waals surface area contributed by atoms with Gasteiger partial charge in [0, 0.05) is 28.9 Å². The first-order valence-corrected chi connectivity index (χ1v) is 8.58. The van der Waals surface area contributed by atoms with Gasteiger partial charge in [0.1, 0.15) is 11.6 Å². The molecule has 5 heteroatoms. The molecule has 1 aliphatic rings. The third kappa shape index (κ3) is 3.24. The minimum atomic E-state index is -0.518. The van der Waals surface area contributed by atoms with Crippen LogP contribution in [0.15, 0.2) is 12.1 Å². The first kappa shape index (κ1) is 14.9. The van der Waals surface area contributed by atoms with Gasteiger partial charge < -0.3 is 10.3 Å². The van der Waals surface area contributed by atoms with E-state index in [9.17, 15) is 8.78 Å². The van der Waals surface area contributed by atoms with Gasteiger partial charge in [-0.25, -0.2) is 8.78 Å². The van der Waals surface area contributed by atoms with Gasteiger partial charge in [0.05, 0.1) is 5.52 Å². The van der Waals surface area contributed by atoms with Crippen molar-refractivity contribution < 1.29 is 8.78 Å². The number of hydrogen-bond donors (Lipinski definition) is 2. The van der Waals surface area contributed by atoms with Crippen molar-refractivity contribution in [3.05, 3.63) is 35.0 Å². The molecule has 0 saturated carbocycles. The SMILES string of the molecule is Cc1[nH]c2c(F)cc(F)cc2c1CCN[C@@H]1CCCSC1. The zero-order valence-electron chi connectivity index (χ0n) is 12.1. The number of aromatic nitrogens is 1. The smallest absolute Gasteiger partial charge is 0.150 e. The van der Waals surface area contributed by atoms with Crippen molar-refractivity contribution in [1.82, 2.24) is 10.3 Å². The van der Waals surface area contributed by atoms with E-state index in [1.54, 1.807) is 0 Å². The third-order valence-corrected chi connectivity index (χ3v) is 5.33. The fourth-order valence-electron chi connectivity index (χ4n) is 3.03. The van der Waals surface area contributed by atoms with E-state index >= 15 is 0 Å². The van der Waals surface area contributed by atoms with E-state index < -0.39 is 11.6 Å². The Labute approximate surface area is 127 Å². The largest absolute Gasteiger partial charge is 0.356 e. The van der Waals surface area contributed by atoms with Crippen molar-refractivity contribution in [2.45, 2.75) is 32.2 Å². The molecule has 1 aromatic heterocycles. The second-order valence-electron chi connectivity index (χ2n) is 5.66. The molecule has 1 fully saturated rings. The van der Waals surface area contributed by atoms with Crippen LogP contribution in [0.1, 0.15) is 24.1 Å². The molecule has 2 aromatic rings. The normalized spacial score (nSPS) is 19.3. The van der Waals surface area contributed by atoms with Crippen LogP contribution >= 0.6 is 11.8 Å². The van der Waals surface area contributed by atoms with Gasteiger partial charge in [-0.2, -0.15) is 11.8 Å². The average molecular weight is 310 g/mol. The van der Waals surface area contributed by atoms with Gasteiger partial charge in [-0.05, 0) is 50.1 Å². The highest BCUT2D eigenvalue weighted by atomic mass is 32.2. The minimum Gasteiger partial charge on any atom is -0.356 e. The van der Waals surface area contributed by atoms with E-state index in [0.717, 1.165) is 36.0 Å². The van der Waals surface area contributed by atoms with Crippen LogP contribution in [0.25, 0.3) is 10.9 Å². The highest BCUT2D eigenvalue weighted by molar-refractivity contribution is 7.99. The molecule has 0 bridgehead atoms. The van der Waals surface area contributed by atoms with E-state index in [0.29, 0.717) is 16.9 Å². The molecule has 1 aliphatic heterocycles. The molecule has 2 heterocycles. The second-order valence-corrected chi connectivity index (χ2v) is 6.81. The number of aromatic amines is 1. The molecule has 0 spiro atoms. The van der Waals surface area contributed by atoms with E-state index in [1.165, 1.54) is 24.7 Å². The lowest BCUT2D eigenvalue weighted by Crippen LogP contribution is -2.35. The lowest BCUT2D eigenvalue weighted by atomic mass is 10.1. The van der Waals surface area contributed by atoms with E-state index in [-0.39, 0.29) is 0 Å². The van der Waals surface area contributed by atoms with Crippen molar-refractivity contribution in [3.8, 4) is 0 Å². The number of fused-ring (bicyclic) bond motifs is 1. The lowest BCUT2D eigenvalue weighted by Gasteiger charge is -2.22. The summed E-state index contributed by atoms with van der Waals surface area (Å²) < 4.78 is 27.2. The molecule has 2 nitrogen and oxygen atoms in total. The Kier molecular flexibility index (Phi) is 4.50. The first-order chi connectivity index (χ1) is 10.1. The molecule has 3 rings (SSSR count). The zero-order chi connectivity index (χ0) is 14.8. The molecule has 1 saturated heterocycles. The number of benzene rings is 1. The van der Waals surface area contributed by atoms with Crippen molar-refractivity contribution >= 4 is 22.7 Å². The number of aryl methyl sites for hydroxylation is 1. The van der Waals surface area contributed by atoms with Gasteiger partial charge >= 0.3 is 0 Å². The molecule has 0 unspecified atom stereocenters. The summed E-state index contributed by atoms with van der Waals surface area (Å²) in [6.07, 6.45) is 3.28. The number of rotatable bonds is 4. The van der Waals surface area contributed by atoms with E-state index in [4.69, 9.17) is 0 Å². The van der Waals surface area contributed by atoms with Gasteiger partial charge in [0.2, 0.25) is 0 Å².